The van der Waals surface area contributed by atoms with Crippen LogP contribution in [-0.2, 0) is 4.74 Å². The van der Waals surface area contributed by atoms with Crippen molar-refractivity contribution in [2.45, 2.75) is 50.5 Å². The number of fused-ring (bicyclic) bond motifs is 2. The molecule has 0 amide bonds. The summed E-state index contributed by atoms with van der Waals surface area (Å²) in [7, 11) is 0. The first-order valence-electron chi connectivity index (χ1n) is 6.57. The van der Waals surface area contributed by atoms with Crippen LogP contribution >= 0.6 is 0 Å². The molecular weight excluding hydrogens is 230 g/mol. The van der Waals surface area contributed by atoms with Gasteiger partial charge in [-0.05, 0) is 44.4 Å². The number of ether oxygens (including phenoxy) is 1. The topological polar surface area (TPSA) is 61.7 Å². The van der Waals surface area contributed by atoms with Gasteiger partial charge in [-0.3, -0.25) is 0 Å². The Morgan fingerprint density at radius 1 is 1.33 bits per heavy atom. The summed E-state index contributed by atoms with van der Waals surface area (Å²) in [6, 6.07) is 5.00. The summed E-state index contributed by atoms with van der Waals surface area (Å²) >= 11 is 0. The van der Waals surface area contributed by atoms with Crippen LogP contribution in [0.5, 0.6) is 11.5 Å². The maximum absolute atomic E-state index is 9.83. The molecule has 0 aromatic heterocycles. The highest BCUT2D eigenvalue weighted by Crippen LogP contribution is 2.36. The molecule has 1 aromatic carbocycles. The van der Waals surface area contributed by atoms with E-state index in [1.807, 2.05) is 6.92 Å². The van der Waals surface area contributed by atoms with Gasteiger partial charge in [0, 0.05) is 17.6 Å². The van der Waals surface area contributed by atoms with Gasteiger partial charge in [0.15, 0.2) is 0 Å². The van der Waals surface area contributed by atoms with Crippen LogP contribution in [0.3, 0.4) is 0 Å². The normalized spacial score (nSPS) is 31.7. The molecule has 2 fully saturated rings. The van der Waals surface area contributed by atoms with Crippen molar-refractivity contribution in [1.82, 2.24) is 5.32 Å². The maximum atomic E-state index is 9.83. The zero-order valence-electron chi connectivity index (χ0n) is 10.5. The van der Waals surface area contributed by atoms with E-state index in [1.54, 1.807) is 6.07 Å². The summed E-state index contributed by atoms with van der Waals surface area (Å²) in [5, 5.41) is 22.8. The molecule has 0 radical (unpaired) electrons. The number of hydrogen-bond acceptors (Lipinski definition) is 4. The number of nitrogens with one attached hydrogen (secondary N) is 1. The fourth-order valence-corrected chi connectivity index (χ4v) is 3.11. The largest absolute Gasteiger partial charge is 0.508 e. The zero-order chi connectivity index (χ0) is 12.7. The maximum Gasteiger partial charge on any atom is 0.120 e. The number of rotatable bonds is 3. The first-order chi connectivity index (χ1) is 8.63. The van der Waals surface area contributed by atoms with Crippen molar-refractivity contribution in [2.75, 3.05) is 0 Å². The molecule has 18 heavy (non-hydrogen) atoms. The first kappa shape index (κ1) is 11.8. The third-order valence-corrected chi connectivity index (χ3v) is 4.05. The Morgan fingerprint density at radius 3 is 2.83 bits per heavy atom. The molecule has 0 saturated carbocycles. The van der Waals surface area contributed by atoms with Crippen molar-refractivity contribution in [1.29, 1.82) is 0 Å². The van der Waals surface area contributed by atoms with Gasteiger partial charge in [0.05, 0.1) is 12.2 Å². The lowest BCUT2D eigenvalue weighted by molar-refractivity contribution is 0.0962. The van der Waals surface area contributed by atoms with Gasteiger partial charge in [0.25, 0.3) is 0 Å². The highest BCUT2D eigenvalue weighted by atomic mass is 16.5. The monoisotopic (exact) mass is 249 g/mol. The smallest absolute Gasteiger partial charge is 0.120 e. The molecule has 3 N–H and O–H groups in total. The van der Waals surface area contributed by atoms with E-state index < -0.39 is 0 Å². The highest BCUT2D eigenvalue weighted by molar-refractivity contribution is 5.40. The average Bonchev–Trinajstić information content (AvgIpc) is 2.94. The van der Waals surface area contributed by atoms with Gasteiger partial charge in [-0.2, -0.15) is 0 Å². The van der Waals surface area contributed by atoms with Crippen LogP contribution in [0.1, 0.15) is 37.8 Å². The van der Waals surface area contributed by atoms with Crippen LogP contribution in [0.15, 0.2) is 18.2 Å². The summed E-state index contributed by atoms with van der Waals surface area (Å²) < 4.78 is 5.80. The molecule has 4 unspecified atom stereocenters. The van der Waals surface area contributed by atoms with Crippen molar-refractivity contribution in [3.05, 3.63) is 23.8 Å². The van der Waals surface area contributed by atoms with Crippen molar-refractivity contribution in [3.8, 4) is 11.5 Å². The Hall–Kier alpha value is -1.26. The minimum atomic E-state index is 0.00468. The molecule has 4 heteroatoms. The Kier molecular flexibility index (Phi) is 2.92. The molecule has 98 valence electrons. The molecule has 4 atom stereocenters. The van der Waals surface area contributed by atoms with Gasteiger partial charge in [0.1, 0.15) is 11.5 Å². The SMILES string of the molecule is CC(NC1CC2CCC1O2)c1cc(O)ccc1O. The third kappa shape index (κ3) is 2.06. The standard InChI is InChI=1S/C14H19NO3/c1-8(11-6-9(16)2-4-13(11)17)15-12-7-10-3-5-14(12)18-10/h2,4,6,8,10,12,14-17H,3,5,7H2,1H3. The number of benzene rings is 1. The van der Waals surface area contributed by atoms with Crippen LogP contribution in [0.2, 0.25) is 0 Å². The van der Waals surface area contributed by atoms with E-state index in [2.05, 4.69) is 5.32 Å². The molecule has 4 nitrogen and oxygen atoms in total. The number of phenols is 2. The van der Waals surface area contributed by atoms with Crippen LogP contribution in [-0.4, -0.2) is 28.5 Å². The van der Waals surface area contributed by atoms with Gasteiger partial charge in [-0.15, -0.1) is 0 Å². The van der Waals surface area contributed by atoms with Gasteiger partial charge < -0.3 is 20.3 Å². The third-order valence-electron chi connectivity index (χ3n) is 4.05. The second-order valence-corrected chi connectivity index (χ2v) is 5.35. The number of phenolic OH excluding ortho intramolecular Hbond substituents is 2. The van der Waals surface area contributed by atoms with Gasteiger partial charge in [-0.1, -0.05) is 0 Å². The second-order valence-electron chi connectivity index (χ2n) is 5.35. The summed E-state index contributed by atoms with van der Waals surface area (Å²) in [5.41, 5.74) is 0.734. The molecule has 3 rings (SSSR count). The van der Waals surface area contributed by atoms with E-state index in [9.17, 15) is 10.2 Å². The van der Waals surface area contributed by atoms with Gasteiger partial charge in [0.2, 0.25) is 0 Å². The van der Waals surface area contributed by atoms with E-state index in [4.69, 9.17) is 4.74 Å². The predicted octanol–water partition coefficient (Wildman–Crippen LogP) is 2.07. The Morgan fingerprint density at radius 2 is 2.17 bits per heavy atom. The summed E-state index contributed by atoms with van der Waals surface area (Å²) in [5.74, 6) is 0.400. The van der Waals surface area contributed by atoms with Crippen molar-refractivity contribution in [3.63, 3.8) is 0 Å². The Labute approximate surface area is 107 Å². The van der Waals surface area contributed by atoms with Crippen LogP contribution in [0.25, 0.3) is 0 Å². The summed E-state index contributed by atoms with van der Waals surface area (Å²) in [6.07, 6.45) is 4.08. The lowest BCUT2D eigenvalue weighted by Gasteiger charge is -2.25. The first-order valence-corrected chi connectivity index (χ1v) is 6.57. The second kappa shape index (κ2) is 4.44. The molecule has 2 aliphatic rings. The van der Waals surface area contributed by atoms with E-state index in [0.29, 0.717) is 18.2 Å². The van der Waals surface area contributed by atoms with Crippen LogP contribution in [0.4, 0.5) is 0 Å². The fourth-order valence-electron chi connectivity index (χ4n) is 3.11. The van der Waals surface area contributed by atoms with E-state index in [0.717, 1.165) is 18.4 Å². The van der Waals surface area contributed by atoms with Gasteiger partial charge >= 0.3 is 0 Å². The number of hydrogen-bond donors (Lipinski definition) is 3. The Bertz CT molecular complexity index is 449. The van der Waals surface area contributed by atoms with E-state index in [-0.39, 0.29) is 17.5 Å². The van der Waals surface area contributed by atoms with E-state index in [1.165, 1.54) is 18.6 Å². The molecule has 0 spiro atoms. The summed E-state index contributed by atoms with van der Waals surface area (Å²) in [4.78, 5) is 0. The molecule has 2 bridgehead atoms. The lowest BCUT2D eigenvalue weighted by Crippen LogP contribution is -2.38. The fraction of sp³-hybridized carbons (Fsp3) is 0.571. The molecule has 2 aliphatic heterocycles. The molecule has 0 aliphatic carbocycles. The van der Waals surface area contributed by atoms with Crippen LogP contribution in [0, 0.1) is 0 Å². The average molecular weight is 249 g/mol. The van der Waals surface area contributed by atoms with Crippen molar-refractivity contribution < 1.29 is 14.9 Å². The minimum Gasteiger partial charge on any atom is -0.508 e. The van der Waals surface area contributed by atoms with Gasteiger partial charge in [-0.25, -0.2) is 0 Å². The lowest BCUT2D eigenvalue weighted by atomic mass is 9.94. The van der Waals surface area contributed by atoms with Crippen molar-refractivity contribution >= 4 is 0 Å². The minimum absolute atomic E-state index is 0.00468. The predicted molar refractivity (Wildman–Crippen MR) is 67.6 cm³/mol. The highest BCUT2D eigenvalue weighted by Gasteiger charge is 2.41. The summed E-state index contributed by atoms with van der Waals surface area (Å²) in [6.45, 7) is 2.00. The quantitative estimate of drug-likeness (QED) is 0.718. The zero-order valence-corrected chi connectivity index (χ0v) is 10.5. The number of aromatic hydroxyl groups is 2. The molecule has 2 saturated heterocycles. The Balaban J connectivity index is 1.71. The molecular formula is C14H19NO3. The molecule has 2 heterocycles. The van der Waals surface area contributed by atoms with Crippen LogP contribution < -0.4 is 5.32 Å². The van der Waals surface area contributed by atoms with Crippen molar-refractivity contribution in [2.24, 2.45) is 0 Å². The molecule has 1 aromatic rings. The van der Waals surface area contributed by atoms with E-state index >= 15 is 0 Å².